The molecule has 1 unspecified atom stereocenters. The van der Waals surface area contributed by atoms with Gasteiger partial charge < -0.3 is 14.2 Å². The first kappa shape index (κ1) is 28.8. The molecule has 244 valence electrons. The van der Waals surface area contributed by atoms with E-state index in [2.05, 4.69) is 133 Å². The molecule has 2 aromatic heterocycles. The second kappa shape index (κ2) is 11.3. The van der Waals surface area contributed by atoms with Crippen LogP contribution < -0.4 is 5.32 Å². The number of nitrogens with one attached hydrogen (secondary N) is 1. The third-order valence-corrected chi connectivity index (χ3v) is 10.3. The Morgan fingerprint density at radius 2 is 1.06 bits per heavy atom. The van der Waals surface area contributed by atoms with E-state index >= 15 is 0 Å². The number of furan rings is 2. The molecule has 0 saturated heterocycles. The van der Waals surface area contributed by atoms with Crippen LogP contribution >= 0.6 is 0 Å². The van der Waals surface area contributed by atoms with Gasteiger partial charge in [0, 0.05) is 38.2 Å². The Bertz CT molecular complexity index is 3110. The predicted octanol–water partition coefficient (Wildman–Crippen LogP) is 12.0. The first-order valence-corrected chi connectivity index (χ1v) is 17.5. The molecule has 1 N–H and O–H groups in total. The van der Waals surface area contributed by atoms with E-state index in [1.165, 1.54) is 10.8 Å². The van der Waals surface area contributed by atoms with Gasteiger partial charge in [-0.2, -0.15) is 0 Å². The molecule has 11 rings (SSSR count). The van der Waals surface area contributed by atoms with Gasteiger partial charge in [-0.05, 0) is 56.9 Å². The van der Waals surface area contributed by atoms with Gasteiger partial charge >= 0.3 is 0 Å². The summed E-state index contributed by atoms with van der Waals surface area (Å²) in [6, 6.07) is 56.7. The summed E-state index contributed by atoms with van der Waals surface area (Å²) >= 11 is 0. The molecule has 5 nitrogen and oxygen atoms in total. The van der Waals surface area contributed by atoms with E-state index in [4.69, 9.17) is 18.8 Å². The van der Waals surface area contributed by atoms with Crippen molar-refractivity contribution in [2.45, 2.75) is 6.17 Å². The Balaban J connectivity index is 1.17. The Kier molecular flexibility index (Phi) is 6.25. The highest BCUT2D eigenvalue weighted by molar-refractivity contribution is 6.27. The molecule has 0 fully saturated rings. The van der Waals surface area contributed by atoms with Crippen molar-refractivity contribution in [3.05, 3.63) is 180 Å². The first-order chi connectivity index (χ1) is 25.8. The lowest BCUT2D eigenvalue weighted by Gasteiger charge is -2.24. The smallest absolute Gasteiger partial charge is 0.160 e. The minimum absolute atomic E-state index is 0.355. The van der Waals surface area contributed by atoms with E-state index in [9.17, 15) is 0 Å². The van der Waals surface area contributed by atoms with E-state index in [0.29, 0.717) is 5.84 Å². The highest BCUT2D eigenvalue weighted by atomic mass is 16.3. The third kappa shape index (κ3) is 4.36. The fraction of sp³-hybridized carbons (Fsp3) is 0.0213. The maximum Gasteiger partial charge on any atom is 0.160 e. The summed E-state index contributed by atoms with van der Waals surface area (Å²) in [6.07, 6.45) is -0.355. The van der Waals surface area contributed by atoms with Crippen molar-refractivity contribution in [3.63, 3.8) is 0 Å². The zero-order chi connectivity index (χ0) is 34.2. The average molecular weight is 668 g/mol. The molecular formula is C47H29N3O2. The number of fused-ring (bicyclic) bond motifs is 9. The van der Waals surface area contributed by atoms with Gasteiger partial charge in [0.2, 0.25) is 0 Å². The van der Waals surface area contributed by atoms with Gasteiger partial charge in [-0.1, -0.05) is 140 Å². The second-order valence-electron chi connectivity index (χ2n) is 13.3. The lowest BCUT2D eigenvalue weighted by Crippen LogP contribution is -2.33. The zero-order valence-electron chi connectivity index (χ0n) is 27.9. The topological polar surface area (TPSA) is 63.0 Å². The summed E-state index contributed by atoms with van der Waals surface area (Å²) in [6.45, 7) is 0. The monoisotopic (exact) mass is 667 g/mol. The number of rotatable bonds is 4. The van der Waals surface area contributed by atoms with E-state index in [-0.39, 0.29) is 6.17 Å². The Hall–Kier alpha value is -6.98. The van der Waals surface area contributed by atoms with Crippen LogP contribution in [0.2, 0.25) is 0 Å². The van der Waals surface area contributed by atoms with Crippen LogP contribution in [0.5, 0.6) is 0 Å². The van der Waals surface area contributed by atoms with Crippen molar-refractivity contribution in [2.24, 2.45) is 9.98 Å². The number of aliphatic imine (C=N–C) groups is 2. The van der Waals surface area contributed by atoms with Crippen LogP contribution in [0, 0.1) is 0 Å². The van der Waals surface area contributed by atoms with Crippen molar-refractivity contribution in [1.29, 1.82) is 0 Å². The minimum Gasteiger partial charge on any atom is -0.456 e. The van der Waals surface area contributed by atoms with E-state index in [1.807, 2.05) is 36.4 Å². The quantitative estimate of drug-likeness (QED) is 0.190. The summed E-state index contributed by atoms with van der Waals surface area (Å²) in [5, 5.41) is 12.6. The van der Waals surface area contributed by atoms with Crippen LogP contribution in [0.15, 0.2) is 183 Å². The van der Waals surface area contributed by atoms with Crippen LogP contribution in [0.1, 0.15) is 22.9 Å². The summed E-state index contributed by atoms with van der Waals surface area (Å²) < 4.78 is 13.1. The molecule has 3 heterocycles. The highest BCUT2D eigenvalue weighted by Crippen LogP contribution is 2.43. The van der Waals surface area contributed by atoms with Crippen molar-refractivity contribution in [2.75, 3.05) is 0 Å². The second-order valence-corrected chi connectivity index (χ2v) is 13.3. The maximum atomic E-state index is 6.60. The fourth-order valence-electron chi connectivity index (χ4n) is 8.00. The molecule has 0 bridgehead atoms. The largest absolute Gasteiger partial charge is 0.456 e. The van der Waals surface area contributed by atoms with Crippen molar-refractivity contribution >= 4 is 77.1 Å². The summed E-state index contributed by atoms with van der Waals surface area (Å²) in [4.78, 5) is 10.7. The van der Waals surface area contributed by atoms with Gasteiger partial charge in [0.1, 0.15) is 34.3 Å². The highest BCUT2D eigenvalue weighted by Gasteiger charge is 2.26. The van der Waals surface area contributed by atoms with E-state index < -0.39 is 0 Å². The molecular weight excluding hydrogens is 639 g/mol. The molecule has 0 spiro atoms. The van der Waals surface area contributed by atoms with Gasteiger partial charge in [-0.25, -0.2) is 9.98 Å². The van der Waals surface area contributed by atoms with Gasteiger partial charge in [0.05, 0.1) is 0 Å². The van der Waals surface area contributed by atoms with Crippen LogP contribution in [0.25, 0.3) is 76.5 Å². The zero-order valence-corrected chi connectivity index (χ0v) is 27.9. The van der Waals surface area contributed by atoms with E-state index in [1.54, 1.807) is 0 Å². The molecule has 0 saturated carbocycles. The minimum atomic E-state index is -0.355. The number of para-hydroxylation sites is 2. The van der Waals surface area contributed by atoms with Crippen LogP contribution in [0.3, 0.4) is 0 Å². The first-order valence-electron chi connectivity index (χ1n) is 17.5. The normalized spacial score (nSPS) is 14.7. The van der Waals surface area contributed by atoms with Crippen LogP contribution in [-0.4, -0.2) is 11.7 Å². The molecule has 1 atom stereocenters. The molecule has 10 aromatic rings. The maximum absolute atomic E-state index is 6.60. The molecule has 1 aliphatic heterocycles. The van der Waals surface area contributed by atoms with Crippen molar-refractivity contribution in [3.8, 4) is 11.1 Å². The van der Waals surface area contributed by atoms with Gasteiger partial charge in [-0.3, -0.25) is 0 Å². The number of hydrogen-bond donors (Lipinski definition) is 1. The molecule has 0 aliphatic carbocycles. The number of hydrogen-bond acceptors (Lipinski definition) is 5. The Morgan fingerprint density at radius 3 is 1.90 bits per heavy atom. The van der Waals surface area contributed by atoms with Gasteiger partial charge in [0.15, 0.2) is 5.84 Å². The number of benzene rings is 8. The van der Waals surface area contributed by atoms with Crippen molar-refractivity contribution in [1.82, 2.24) is 5.32 Å². The molecule has 0 amide bonds. The van der Waals surface area contributed by atoms with Crippen LogP contribution in [0.4, 0.5) is 0 Å². The lowest BCUT2D eigenvalue weighted by molar-refractivity contribution is 0.667. The molecule has 1 aliphatic rings. The lowest BCUT2D eigenvalue weighted by atomic mass is 9.95. The Morgan fingerprint density at radius 1 is 0.442 bits per heavy atom. The van der Waals surface area contributed by atoms with Gasteiger partial charge in [-0.15, -0.1) is 0 Å². The molecule has 52 heavy (non-hydrogen) atoms. The summed E-state index contributed by atoms with van der Waals surface area (Å²) in [7, 11) is 0. The predicted molar refractivity (Wildman–Crippen MR) is 213 cm³/mol. The number of nitrogens with zero attached hydrogens (tertiary/aromatic N) is 2. The fourth-order valence-corrected chi connectivity index (χ4v) is 8.00. The average Bonchev–Trinajstić information content (AvgIpc) is 3.80. The Labute approximate surface area is 298 Å². The third-order valence-electron chi connectivity index (χ3n) is 10.3. The van der Waals surface area contributed by atoms with Gasteiger partial charge in [0.25, 0.3) is 0 Å². The van der Waals surface area contributed by atoms with E-state index in [0.717, 1.165) is 88.3 Å². The van der Waals surface area contributed by atoms with Crippen LogP contribution in [-0.2, 0) is 0 Å². The number of amidine groups is 2. The summed E-state index contributed by atoms with van der Waals surface area (Å²) in [5.41, 5.74) is 8.37. The van der Waals surface area contributed by atoms with Crippen molar-refractivity contribution < 1.29 is 8.83 Å². The standard InChI is InChI=1S/C47H29N3O2/c1-2-13-28(14-3-1)45-48-46(50-47(49-45)38-27-29-15-4-5-16-30(29)31-17-6-7-18-32(31)38)37-23-12-26-41-43(37)42-34(20-11-25-40(42)51-41)36-22-10-21-35-33-19-8-9-24-39(33)52-44(35)36/h1-27,45H,(H,48,49,50). The molecule has 0 radical (unpaired) electrons. The summed E-state index contributed by atoms with van der Waals surface area (Å²) in [5.74, 6) is 1.42. The SMILES string of the molecule is c1ccc(C2N=C(c3cc4ccccc4c4ccccc34)N=C(c3cccc4oc5cccc(-c6cccc7c6oc6ccccc67)c5c34)N2)cc1. The molecule has 8 aromatic carbocycles. The molecule has 5 heteroatoms.